The average Bonchev–Trinajstić information content (AvgIpc) is 2.84. The van der Waals surface area contributed by atoms with Crippen molar-refractivity contribution in [1.29, 1.82) is 0 Å². The van der Waals surface area contributed by atoms with Gasteiger partial charge in [-0.3, -0.25) is 0 Å². The second kappa shape index (κ2) is 5.01. The fraction of sp³-hybridized carbons (Fsp3) is 0.0625. The summed E-state index contributed by atoms with van der Waals surface area (Å²) in [5.41, 5.74) is 7.53. The fourth-order valence-corrected chi connectivity index (χ4v) is 2.21. The first-order chi connectivity index (χ1) is 10.1. The number of hydrogen-bond acceptors (Lipinski definition) is 3. The van der Waals surface area contributed by atoms with Gasteiger partial charge >= 0.3 is 0 Å². The number of nitrogens with two attached hydrogens (primary N) is 1. The molecule has 0 radical (unpaired) electrons. The van der Waals surface area contributed by atoms with Crippen LogP contribution in [-0.4, -0.2) is 5.16 Å². The van der Waals surface area contributed by atoms with Crippen LogP contribution >= 0.6 is 0 Å². The van der Waals surface area contributed by atoms with E-state index in [9.17, 15) is 8.78 Å². The summed E-state index contributed by atoms with van der Waals surface area (Å²) in [5.74, 6) is -0.330. The maximum atomic E-state index is 14.0. The van der Waals surface area contributed by atoms with Crippen molar-refractivity contribution in [2.45, 2.75) is 6.92 Å². The quantitative estimate of drug-likeness (QED) is 0.769. The van der Waals surface area contributed by atoms with Gasteiger partial charge in [0.05, 0.1) is 5.56 Å². The number of anilines is 1. The number of hydrogen-bond donors (Lipinski definition) is 1. The lowest BCUT2D eigenvalue weighted by molar-refractivity contribution is 0.436. The largest absolute Gasteiger partial charge is 0.380 e. The number of benzene rings is 2. The molecule has 0 aliphatic carbocycles. The zero-order chi connectivity index (χ0) is 15.0. The van der Waals surface area contributed by atoms with Crippen LogP contribution in [-0.2, 0) is 0 Å². The minimum absolute atomic E-state index is 0.0945. The Morgan fingerprint density at radius 1 is 1.05 bits per heavy atom. The van der Waals surface area contributed by atoms with Gasteiger partial charge in [0.2, 0.25) is 0 Å². The molecule has 0 atom stereocenters. The van der Waals surface area contributed by atoms with Crippen LogP contribution in [0.2, 0.25) is 0 Å². The number of aryl methyl sites for hydroxylation is 1. The van der Waals surface area contributed by atoms with Gasteiger partial charge in [0.1, 0.15) is 11.6 Å². The molecule has 0 bridgehead atoms. The summed E-state index contributed by atoms with van der Waals surface area (Å²) in [6, 6.07) is 10.7. The first-order valence-corrected chi connectivity index (χ1v) is 6.34. The number of rotatable bonds is 2. The molecular weight excluding hydrogens is 274 g/mol. The van der Waals surface area contributed by atoms with Crippen LogP contribution in [0, 0.1) is 18.6 Å². The average molecular weight is 286 g/mol. The van der Waals surface area contributed by atoms with E-state index < -0.39 is 5.82 Å². The first-order valence-electron chi connectivity index (χ1n) is 6.34. The SMILES string of the molecule is Cc1cc(-c2onc(N)c2-c2ccccc2F)ccc1F. The zero-order valence-electron chi connectivity index (χ0n) is 11.2. The van der Waals surface area contributed by atoms with E-state index in [-0.39, 0.29) is 11.6 Å². The van der Waals surface area contributed by atoms with Gasteiger partial charge in [-0.1, -0.05) is 23.4 Å². The Morgan fingerprint density at radius 3 is 2.52 bits per heavy atom. The lowest BCUT2D eigenvalue weighted by Gasteiger charge is -2.05. The molecule has 0 amide bonds. The molecule has 0 spiro atoms. The lowest BCUT2D eigenvalue weighted by Crippen LogP contribution is -1.92. The molecule has 1 aromatic heterocycles. The zero-order valence-corrected chi connectivity index (χ0v) is 11.2. The van der Waals surface area contributed by atoms with E-state index in [4.69, 9.17) is 10.3 Å². The van der Waals surface area contributed by atoms with E-state index in [1.165, 1.54) is 12.1 Å². The van der Waals surface area contributed by atoms with Gasteiger partial charge in [0.25, 0.3) is 0 Å². The summed E-state index contributed by atoms with van der Waals surface area (Å²) in [7, 11) is 0. The van der Waals surface area contributed by atoms with E-state index in [0.717, 1.165) is 0 Å². The number of nitrogens with zero attached hydrogens (tertiary/aromatic N) is 1. The van der Waals surface area contributed by atoms with Crippen molar-refractivity contribution < 1.29 is 13.3 Å². The molecule has 106 valence electrons. The smallest absolute Gasteiger partial charge is 0.177 e. The maximum absolute atomic E-state index is 14.0. The van der Waals surface area contributed by atoms with Crippen molar-refractivity contribution >= 4 is 5.82 Å². The molecule has 0 aliphatic heterocycles. The Labute approximate surface area is 120 Å². The summed E-state index contributed by atoms with van der Waals surface area (Å²) >= 11 is 0. The number of aromatic nitrogens is 1. The van der Waals surface area contributed by atoms with Crippen LogP contribution in [0.5, 0.6) is 0 Å². The van der Waals surface area contributed by atoms with Gasteiger partial charge in [-0.25, -0.2) is 8.78 Å². The van der Waals surface area contributed by atoms with Crippen LogP contribution in [0.4, 0.5) is 14.6 Å². The summed E-state index contributed by atoms with van der Waals surface area (Å²) in [6.45, 7) is 1.64. The molecule has 5 heteroatoms. The number of halogens is 2. The lowest BCUT2D eigenvalue weighted by atomic mass is 10.00. The second-order valence-electron chi connectivity index (χ2n) is 4.72. The van der Waals surface area contributed by atoms with Gasteiger partial charge in [-0.15, -0.1) is 0 Å². The molecule has 2 N–H and O–H groups in total. The molecule has 21 heavy (non-hydrogen) atoms. The van der Waals surface area contributed by atoms with Gasteiger partial charge in [0.15, 0.2) is 11.6 Å². The maximum Gasteiger partial charge on any atom is 0.177 e. The summed E-state index contributed by atoms with van der Waals surface area (Å²) in [4.78, 5) is 0. The molecule has 3 nitrogen and oxygen atoms in total. The molecule has 2 aromatic carbocycles. The van der Waals surface area contributed by atoms with Crippen molar-refractivity contribution in [3.05, 3.63) is 59.7 Å². The molecule has 0 fully saturated rings. The highest BCUT2D eigenvalue weighted by Crippen LogP contribution is 2.38. The van der Waals surface area contributed by atoms with Crippen molar-refractivity contribution in [1.82, 2.24) is 5.16 Å². The third-order valence-corrected chi connectivity index (χ3v) is 3.28. The Hall–Kier alpha value is -2.69. The highest BCUT2D eigenvalue weighted by atomic mass is 19.1. The van der Waals surface area contributed by atoms with Crippen LogP contribution in [0.1, 0.15) is 5.56 Å². The van der Waals surface area contributed by atoms with E-state index in [1.54, 1.807) is 37.3 Å². The predicted octanol–water partition coefficient (Wildman–Crippen LogP) is 4.18. The molecule has 1 heterocycles. The second-order valence-corrected chi connectivity index (χ2v) is 4.72. The fourth-order valence-electron chi connectivity index (χ4n) is 2.21. The van der Waals surface area contributed by atoms with Crippen LogP contribution in [0.15, 0.2) is 47.0 Å². The Kier molecular flexibility index (Phi) is 3.17. The van der Waals surface area contributed by atoms with Gasteiger partial charge < -0.3 is 10.3 Å². The van der Waals surface area contributed by atoms with Crippen LogP contribution in [0.25, 0.3) is 22.5 Å². The van der Waals surface area contributed by atoms with Gasteiger partial charge in [-0.05, 0) is 36.8 Å². The normalized spacial score (nSPS) is 10.8. The topological polar surface area (TPSA) is 52.0 Å². The Balaban J connectivity index is 2.22. The summed E-state index contributed by atoms with van der Waals surface area (Å²) in [6.07, 6.45) is 0. The van der Waals surface area contributed by atoms with Gasteiger partial charge in [0, 0.05) is 11.1 Å². The van der Waals surface area contributed by atoms with E-state index in [1.807, 2.05) is 0 Å². The molecule has 0 aliphatic rings. The third-order valence-electron chi connectivity index (χ3n) is 3.28. The molecule has 3 aromatic rings. The van der Waals surface area contributed by atoms with Crippen molar-refractivity contribution in [2.24, 2.45) is 0 Å². The molecular formula is C16H12F2N2O. The molecule has 0 saturated carbocycles. The minimum Gasteiger partial charge on any atom is -0.380 e. The van der Waals surface area contributed by atoms with E-state index >= 15 is 0 Å². The molecule has 3 rings (SSSR count). The highest BCUT2D eigenvalue weighted by molar-refractivity contribution is 5.86. The monoisotopic (exact) mass is 286 g/mol. The summed E-state index contributed by atoms with van der Waals surface area (Å²) in [5, 5.41) is 3.70. The van der Waals surface area contributed by atoms with Crippen LogP contribution in [0.3, 0.4) is 0 Å². The summed E-state index contributed by atoms with van der Waals surface area (Å²) < 4.78 is 32.6. The van der Waals surface area contributed by atoms with E-state index in [2.05, 4.69) is 5.16 Å². The Morgan fingerprint density at radius 2 is 1.81 bits per heavy atom. The molecule has 0 saturated heterocycles. The van der Waals surface area contributed by atoms with Gasteiger partial charge in [-0.2, -0.15) is 0 Å². The third kappa shape index (κ3) is 2.27. The Bertz CT molecular complexity index is 812. The first kappa shape index (κ1) is 13.3. The molecule has 0 unspecified atom stereocenters. The van der Waals surface area contributed by atoms with Crippen molar-refractivity contribution in [3.63, 3.8) is 0 Å². The standard InChI is InChI=1S/C16H12F2N2O/c1-9-8-10(6-7-12(9)17)15-14(16(19)20-21-15)11-4-2-3-5-13(11)18/h2-8H,1H3,(H2,19,20). The van der Waals surface area contributed by atoms with Crippen molar-refractivity contribution in [3.8, 4) is 22.5 Å². The van der Waals surface area contributed by atoms with Crippen molar-refractivity contribution in [2.75, 3.05) is 5.73 Å². The minimum atomic E-state index is -0.424. The highest BCUT2D eigenvalue weighted by Gasteiger charge is 2.20. The van der Waals surface area contributed by atoms with E-state index in [0.29, 0.717) is 28.0 Å². The number of nitrogen functional groups attached to an aromatic ring is 1. The predicted molar refractivity (Wildman–Crippen MR) is 76.4 cm³/mol. The van der Waals surface area contributed by atoms with Crippen LogP contribution < -0.4 is 5.73 Å².